The highest BCUT2D eigenvalue weighted by Gasteiger charge is 2.31. The molecule has 0 saturated heterocycles. The number of rotatable bonds is 6. The van der Waals surface area contributed by atoms with Crippen LogP contribution >= 0.6 is 0 Å². The molecule has 0 bridgehead atoms. The van der Waals surface area contributed by atoms with Crippen LogP contribution in [0.5, 0.6) is 0 Å². The molecule has 0 saturated carbocycles. The lowest BCUT2D eigenvalue weighted by atomic mass is 9.83. The number of ether oxygens (including phenoxy) is 1. The van der Waals surface area contributed by atoms with Crippen LogP contribution in [0.15, 0.2) is 24.3 Å². The van der Waals surface area contributed by atoms with Crippen molar-refractivity contribution in [2.45, 2.75) is 66.2 Å². The molecule has 0 amide bonds. The van der Waals surface area contributed by atoms with Gasteiger partial charge in [0.1, 0.15) is 0 Å². The Hall–Kier alpha value is -1.20. The molecule has 2 atom stereocenters. The second kappa shape index (κ2) is 8.45. The van der Waals surface area contributed by atoms with E-state index in [-0.39, 0.29) is 22.2 Å². The van der Waals surface area contributed by atoms with Crippen LogP contribution in [0.1, 0.15) is 77.4 Å². The molecule has 0 aliphatic carbocycles. The van der Waals surface area contributed by atoms with Gasteiger partial charge in [0.2, 0.25) is 0 Å². The molecule has 1 aromatic carbocycles. The lowest BCUT2D eigenvalue weighted by Gasteiger charge is -2.34. The fourth-order valence-corrected chi connectivity index (χ4v) is 3.22. The number of benzene rings is 1. The molecule has 0 fully saturated rings. The van der Waals surface area contributed by atoms with Crippen LogP contribution < -0.4 is 4.72 Å². The van der Waals surface area contributed by atoms with Gasteiger partial charge in [-0.3, -0.25) is 0 Å². The van der Waals surface area contributed by atoms with Crippen LogP contribution in [0.2, 0.25) is 0 Å². The van der Waals surface area contributed by atoms with Crippen LogP contribution in [0.3, 0.4) is 0 Å². The van der Waals surface area contributed by atoms with E-state index in [4.69, 9.17) is 4.74 Å². The molecule has 0 aromatic heterocycles. The van der Waals surface area contributed by atoms with Gasteiger partial charge in [0.05, 0.1) is 27.9 Å². The van der Waals surface area contributed by atoms with Gasteiger partial charge in [0.25, 0.3) is 0 Å². The molecule has 4 nitrogen and oxygen atoms in total. The lowest BCUT2D eigenvalue weighted by molar-refractivity contribution is 0.0459. The van der Waals surface area contributed by atoms with E-state index < -0.39 is 11.0 Å². The first-order valence-electron chi connectivity index (χ1n) is 8.77. The average Bonchev–Trinajstić information content (AvgIpc) is 2.48. The third kappa shape index (κ3) is 6.90. The Kier molecular flexibility index (Phi) is 7.39. The summed E-state index contributed by atoms with van der Waals surface area (Å²) in [5.74, 6) is 0.00357. The van der Waals surface area contributed by atoms with Crippen LogP contribution in [0.4, 0.5) is 0 Å². The number of carbonyl (C=O) groups excluding carboxylic acids is 1. The zero-order valence-corrected chi connectivity index (χ0v) is 17.6. The highest BCUT2D eigenvalue weighted by Crippen LogP contribution is 2.34. The van der Waals surface area contributed by atoms with E-state index in [1.54, 1.807) is 12.1 Å². The van der Waals surface area contributed by atoms with Crippen molar-refractivity contribution in [3.8, 4) is 0 Å². The SMILES string of the molecule is CC(C)COC(=O)c1ccc([C@H](NS(=O)C(C)(C)C)C(C)(C)C)cc1. The third-order valence-electron chi connectivity index (χ3n) is 3.67. The van der Waals surface area contributed by atoms with Crippen molar-refractivity contribution in [1.82, 2.24) is 4.72 Å². The predicted molar refractivity (Wildman–Crippen MR) is 105 cm³/mol. The Labute approximate surface area is 155 Å². The number of nitrogens with one attached hydrogen (secondary N) is 1. The summed E-state index contributed by atoms with van der Waals surface area (Å²) in [6, 6.07) is 7.29. The van der Waals surface area contributed by atoms with Gasteiger partial charge in [0.15, 0.2) is 0 Å². The lowest BCUT2D eigenvalue weighted by Crippen LogP contribution is -2.40. The summed E-state index contributed by atoms with van der Waals surface area (Å²) in [6.45, 7) is 16.6. The monoisotopic (exact) mass is 367 g/mol. The normalized spacial score (nSPS) is 15.1. The van der Waals surface area contributed by atoms with Gasteiger partial charge in [-0.15, -0.1) is 0 Å². The highest BCUT2D eigenvalue weighted by atomic mass is 32.2. The first kappa shape index (κ1) is 21.8. The number of hydrogen-bond acceptors (Lipinski definition) is 3. The van der Waals surface area contributed by atoms with Crippen LogP contribution in [-0.2, 0) is 15.7 Å². The smallest absolute Gasteiger partial charge is 0.338 e. The van der Waals surface area contributed by atoms with E-state index in [2.05, 4.69) is 25.5 Å². The van der Waals surface area contributed by atoms with Crippen molar-refractivity contribution >= 4 is 17.0 Å². The minimum absolute atomic E-state index is 0.0895. The van der Waals surface area contributed by atoms with E-state index in [1.807, 2.05) is 46.8 Å². The summed E-state index contributed by atoms with van der Waals surface area (Å²) in [5.41, 5.74) is 1.42. The van der Waals surface area contributed by atoms with Crippen molar-refractivity contribution in [2.75, 3.05) is 6.61 Å². The fraction of sp³-hybridized carbons (Fsp3) is 0.650. The predicted octanol–water partition coefficient (Wildman–Crippen LogP) is 4.64. The standard InChI is InChI=1S/C20H33NO3S/c1-14(2)13-24-18(22)16-11-9-15(10-12-16)17(19(3,4)5)21-25(23)20(6,7)8/h9-12,14,17,21H,13H2,1-8H3/t17-,25?/m0/s1. The first-order valence-corrected chi connectivity index (χ1v) is 9.92. The largest absolute Gasteiger partial charge is 0.462 e. The maximum absolute atomic E-state index is 12.5. The van der Waals surface area contributed by atoms with Crippen LogP contribution in [0.25, 0.3) is 0 Å². The summed E-state index contributed by atoms with van der Waals surface area (Å²) in [5, 5.41) is 0. The Morgan fingerprint density at radius 2 is 1.60 bits per heavy atom. The van der Waals surface area contributed by atoms with Crippen molar-refractivity contribution in [2.24, 2.45) is 11.3 Å². The Balaban J connectivity index is 2.98. The Morgan fingerprint density at radius 1 is 1.08 bits per heavy atom. The molecular weight excluding hydrogens is 334 g/mol. The summed E-state index contributed by atoms with van der Waals surface area (Å²) < 4.78 is 20.7. The van der Waals surface area contributed by atoms with Gasteiger partial charge >= 0.3 is 5.97 Å². The number of carbonyl (C=O) groups is 1. The van der Waals surface area contributed by atoms with E-state index in [9.17, 15) is 9.00 Å². The third-order valence-corrected chi connectivity index (χ3v) is 5.24. The molecule has 0 aliphatic rings. The zero-order chi connectivity index (χ0) is 19.4. The fourth-order valence-electron chi connectivity index (χ4n) is 2.17. The highest BCUT2D eigenvalue weighted by molar-refractivity contribution is 7.84. The van der Waals surface area contributed by atoms with Crippen LogP contribution in [0, 0.1) is 11.3 Å². The number of esters is 1. The minimum Gasteiger partial charge on any atom is -0.462 e. The average molecular weight is 368 g/mol. The maximum Gasteiger partial charge on any atom is 0.338 e. The van der Waals surface area contributed by atoms with E-state index in [0.29, 0.717) is 18.1 Å². The second-order valence-corrected chi connectivity index (χ2v) is 10.9. The van der Waals surface area contributed by atoms with Crippen LogP contribution in [-0.4, -0.2) is 21.5 Å². The molecule has 0 heterocycles. The van der Waals surface area contributed by atoms with Crippen molar-refractivity contribution in [3.05, 3.63) is 35.4 Å². The van der Waals surface area contributed by atoms with Gasteiger partial charge < -0.3 is 4.74 Å². The Bertz CT molecular complexity index is 595. The molecular formula is C20H33NO3S. The molecule has 1 unspecified atom stereocenters. The second-order valence-electron chi connectivity index (χ2n) is 8.91. The number of hydrogen-bond donors (Lipinski definition) is 1. The molecule has 5 heteroatoms. The van der Waals surface area contributed by atoms with Crippen molar-refractivity contribution in [3.63, 3.8) is 0 Å². The van der Waals surface area contributed by atoms with Gasteiger partial charge in [-0.2, -0.15) is 0 Å². The van der Waals surface area contributed by atoms with Crippen molar-refractivity contribution in [1.29, 1.82) is 0 Å². The van der Waals surface area contributed by atoms with Gasteiger partial charge in [-0.25, -0.2) is 13.7 Å². The summed E-state index contributed by atoms with van der Waals surface area (Å²) >= 11 is 0. The minimum atomic E-state index is -1.18. The maximum atomic E-state index is 12.5. The Morgan fingerprint density at radius 3 is 2.00 bits per heavy atom. The van der Waals surface area contributed by atoms with Gasteiger partial charge in [-0.05, 0) is 49.8 Å². The molecule has 142 valence electrons. The van der Waals surface area contributed by atoms with E-state index >= 15 is 0 Å². The van der Waals surface area contributed by atoms with Gasteiger partial charge in [-0.1, -0.05) is 46.8 Å². The summed E-state index contributed by atoms with van der Waals surface area (Å²) in [7, 11) is -1.18. The molecule has 1 aromatic rings. The summed E-state index contributed by atoms with van der Waals surface area (Å²) in [4.78, 5) is 12.0. The van der Waals surface area contributed by atoms with E-state index in [0.717, 1.165) is 5.56 Å². The molecule has 0 radical (unpaired) electrons. The molecule has 0 spiro atoms. The molecule has 0 aliphatic heterocycles. The first-order chi connectivity index (χ1) is 11.3. The summed E-state index contributed by atoms with van der Waals surface area (Å²) in [6.07, 6.45) is 0. The van der Waals surface area contributed by atoms with Crippen molar-refractivity contribution < 1.29 is 13.7 Å². The zero-order valence-electron chi connectivity index (χ0n) is 16.8. The topological polar surface area (TPSA) is 55.4 Å². The molecule has 25 heavy (non-hydrogen) atoms. The molecule has 1 rings (SSSR count). The van der Waals surface area contributed by atoms with Gasteiger partial charge in [0, 0.05) is 6.04 Å². The molecule has 1 N–H and O–H groups in total. The quantitative estimate of drug-likeness (QED) is 0.745. The van der Waals surface area contributed by atoms with E-state index in [1.165, 1.54) is 0 Å².